The van der Waals surface area contributed by atoms with Gasteiger partial charge in [0.2, 0.25) is 0 Å². The third-order valence-electron chi connectivity index (χ3n) is 2.69. The molecule has 2 rings (SSSR count). The van der Waals surface area contributed by atoms with Gasteiger partial charge in [-0.1, -0.05) is 32.0 Å². The van der Waals surface area contributed by atoms with Crippen molar-refractivity contribution in [3.05, 3.63) is 41.6 Å². The minimum atomic E-state index is 0.508. The second-order valence-corrected chi connectivity index (χ2v) is 6.05. The number of aryl methyl sites for hydroxylation is 1. The molecule has 1 heterocycles. The van der Waals surface area contributed by atoms with Crippen molar-refractivity contribution in [1.82, 2.24) is 9.78 Å². The molecule has 0 radical (unpaired) electrons. The Kier molecular flexibility index (Phi) is 4.09. The number of nitrogens with two attached hydrogens (primary N) is 1. The summed E-state index contributed by atoms with van der Waals surface area (Å²) in [6.07, 6.45) is 0. The average Bonchev–Trinajstić information content (AvgIpc) is 2.66. The number of aromatic nitrogens is 2. The molecule has 1 aromatic carbocycles. The van der Waals surface area contributed by atoms with Crippen LogP contribution in [0.3, 0.4) is 0 Å². The summed E-state index contributed by atoms with van der Waals surface area (Å²) in [5.74, 6) is 0. The van der Waals surface area contributed by atoms with Crippen molar-refractivity contribution in [2.45, 2.75) is 37.6 Å². The molecule has 0 bridgehead atoms. The van der Waals surface area contributed by atoms with Crippen molar-refractivity contribution >= 4 is 11.8 Å². The predicted octanol–water partition coefficient (Wildman–Crippen LogP) is 3.14. The Balaban J connectivity index is 2.53. The van der Waals surface area contributed by atoms with Crippen LogP contribution in [-0.2, 0) is 6.54 Å². The van der Waals surface area contributed by atoms with E-state index in [4.69, 9.17) is 5.73 Å². The first-order valence-electron chi connectivity index (χ1n) is 6.14. The first-order chi connectivity index (χ1) is 8.63. The van der Waals surface area contributed by atoms with Gasteiger partial charge in [-0.2, -0.15) is 5.10 Å². The number of nitrogens with zero attached hydrogens (tertiary/aromatic N) is 2. The largest absolute Gasteiger partial charge is 0.326 e. The zero-order valence-electron chi connectivity index (χ0n) is 11.1. The molecular formula is C14H19N3S. The number of para-hydroxylation sites is 1. The molecule has 0 saturated heterocycles. The summed E-state index contributed by atoms with van der Waals surface area (Å²) in [6.45, 7) is 6.92. The van der Waals surface area contributed by atoms with Crippen LogP contribution in [0.15, 0.2) is 35.4 Å². The Morgan fingerprint density at radius 1 is 1.28 bits per heavy atom. The average molecular weight is 261 g/mol. The molecule has 0 amide bonds. The van der Waals surface area contributed by atoms with Crippen LogP contribution in [0.4, 0.5) is 0 Å². The molecule has 4 heteroatoms. The molecule has 0 aliphatic rings. The van der Waals surface area contributed by atoms with Gasteiger partial charge in [0.15, 0.2) is 0 Å². The van der Waals surface area contributed by atoms with Gasteiger partial charge in [-0.15, -0.1) is 11.8 Å². The van der Waals surface area contributed by atoms with Crippen LogP contribution in [0.25, 0.3) is 5.69 Å². The molecule has 0 aliphatic heterocycles. The molecule has 2 N–H and O–H groups in total. The number of benzene rings is 1. The Morgan fingerprint density at radius 3 is 2.50 bits per heavy atom. The van der Waals surface area contributed by atoms with Gasteiger partial charge in [-0.05, 0) is 19.1 Å². The third kappa shape index (κ3) is 2.60. The monoisotopic (exact) mass is 261 g/mol. The second-order valence-electron chi connectivity index (χ2n) is 4.49. The van der Waals surface area contributed by atoms with E-state index >= 15 is 0 Å². The Morgan fingerprint density at radius 2 is 1.94 bits per heavy atom. The van der Waals surface area contributed by atoms with E-state index in [9.17, 15) is 0 Å². The molecule has 18 heavy (non-hydrogen) atoms. The lowest BCUT2D eigenvalue weighted by atomic mass is 10.3. The first-order valence-corrected chi connectivity index (χ1v) is 7.02. The molecule has 0 unspecified atom stereocenters. The summed E-state index contributed by atoms with van der Waals surface area (Å²) in [6, 6.07) is 10.2. The van der Waals surface area contributed by atoms with E-state index in [2.05, 4.69) is 31.1 Å². The maximum atomic E-state index is 5.85. The molecule has 0 saturated carbocycles. The highest BCUT2D eigenvalue weighted by molar-refractivity contribution is 7.99. The fourth-order valence-corrected chi connectivity index (χ4v) is 2.93. The number of thioether (sulfide) groups is 1. The van der Waals surface area contributed by atoms with Crippen molar-refractivity contribution in [2.75, 3.05) is 0 Å². The predicted molar refractivity (Wildman–Crippen MR) is 77.2 cm³/mol. The van der Waals surface area contributed by atoms with E-state index in [1.165, 1.54) is 0 Å². The lowest BCUT2D eigenvalue weighted by molar-refractivity contribution is 0.786. The van der Waals surface area contributed by atoms with Crippen LogP contribution in [0.5, 0.6) is 0 Å². The van der Waals surface area contributed by atoms with Crippen LogP contribution in [0.2, 0.25) is 0 Å². The quantitative estimate of drug-likeness (QED) is 0.860. The SMILES string of the molecule is Cc1nn(-c2ccccc2)c(SC(C)C)c1CN. The molecule has 3 nitrogen and oxygen atoms in total. The summed E-state index contributed by atoms with van der Waals surface area (Å²) in [4.78, 5) is 0. The van der Waals surface area contributed by atoms with Gasteiger partial charge >= 0.3 is 0 Å². The van der Waals surface area contributed by atoms with E-state index in [0.717, 1.165) is 22.0 Å². The Labute approximate surface area is 112 Å². The van der Waals surface area contributed by atoms with Crippen molar-refractivity contribution in [3.8, 4) is 5.69 Å². The molecule has 0 spiro atoms. The number of hydrogen-bond acceptors (Lipinski definition) is 3. The van der Waals surface area contributed by atoms with Crippen molar-refractivity contribution in [1.29, 1.82) is 0 Å². The molecule has 0 aliphatic carbocycles. The molecular weight excluding hydrogens is 242 g/mol. The fourth-order valence-electron chi connectivity index (χ4n) is 1.86. The van der Waals surface area contributed by atoms with Gasteiger partial charge in [0.05, 0.1) is 11.4 Å². The Bertz CT molecular complexity index is 517. The zero-order valence-corrected chi connectivity index (χ0v) is 11.9. The fraction of sp³-hybridized carbons (Fsp3) is 0.357. The van der Waals surface area contributed by atoms with Gasteiger partial charge in [0.1, 0.15) is 5.03 Å². The first kappa shape index (κ1) is 13.2. The smallest absolute Gasteiger partial charge is 0.105 e. The number of rotatable bonds is 4. The minimum Gasteiger partial charge on any atom is -0.326 e. The van der Waals surface area contributed by atoms with Crippen LogP contribution in [0, 0.1) is 6.92 Å². The molecule has 0 atom stereocenters. The van der Waals surface area contributed by atoms with Crippen molar-refractivity contribution in [3.63, 3.8) is 0 Å². The van der Waals surface area contributed by atoms with Crippen LogP contribution in [0.1, 0.15) is 25.1 Å². The highest BCUT2D eigenvalue weighted by atomic mass is 32.2. The van der Waals surface area contributed by atoms with Gasteiger partial charge < -0.3 is 5.73 Å². The standard InChI is InChI=1S/C14H19N3S/c1-10(2)18-14-13(9-15)11(3)16-17(14)12-7-5-4-6-8-12/h4-8,10H,9,15H2,1-3H3. The zero-order chi connectivity index (χ0) is 13.1. The van der Waals surface area contributed by atoms with E-state index in [0.29, 0.717) is 11.8 Å². The summed E-state index contributed by atoms with van der Waals surface area (Å²) in [7, 11) is 0. The molecule has 96 valence electrons. The molecule has 0 fully saturated rings. The summed E-state index contributed by atoms with van der Waals surface area (Å²) < 4.78 is 2.00. The van der Waals surface area contributed by atoms with Gasteiger partial charge in [0, 0.05) is 17.4 Å². The second kappa shape index (κ2) is 5.59. The maximum Gasteiger partial charge on any atom is 0.105 e. The Hall–Kier alpha value is -1.26. The minimum absolute atomic E-state index is 0.508. The summed E-state index contributed by atoms with van der Waals surface area (Å²) in [5, 5.41) is 6.29. The maximum absolute atomic E-state index is 5.85. The van der Waals surface area contributed by atoms with Gasteiger partial charge in [0.25, 0.3) is 0 Å². The molecule has 2 aromatic rings. The highest BCUT2D eigenvalue weighted by Crippen LogP contribution is 2.30. The lowest BCUT2D eigenvalue weighted by Gasteiger charge is -2.10. The lowest BCUT2D eigenvalue weighted by Crippen LogP contribution is -2.03. The van der Waals surface area contributed by atoms with Crippen LogP contribution < -0.4 is 5.73 Å². The van der Waals surface area contributed by atoms with Crippen molar-refractivity contribution in [2.24, 2.45) is 5.73 Å². The van der Waals surface area contributed by atoms with E-state index in [1.54, 1.807) is 0 Å². The molecule has 1 aromatic heterocycles. The van der Waals surface area contributed by atoms with Gasteiger partial charge in [-0.3, -0.25) is 0 Å². The normalized spacial score (nSPS) is 11.2. The number of hydrogen-bond donors (Lipinski definition) is 1. The van der Waals surface area contributed by atoms with Crippen molar-refractivity contribution < 1.29 is 0 Å². The van der Waals surface area contributed by atoms with Crippen LogP contribution in [-0.4, -0.2) is 15.0 Å². The van der Waals surface area contributed by atoms with E-state index in [1.807, 2.05) is 41.6 Å². The van der Waals surface area contributed by atoms with Crippen LogP contribution >= 0.6 is 11.8 Å². The third-order valence-corrected chi connectivity index (χ3v) is 3.80. The van der Waals surface area contributed by atoms with E-state index < -0.39 is 0 Å². The summed E-state index contributed by atoms with van der Waals surface area (Å²) in [5.41, 5.74) is 9.11. The summed E-state index contributed by atoms with van der Waals surface area (Å²) >= 11 is 1.81. The van der Waals surface area contributed by atoms with Gasteiger partial charge in [-0.25, -0.2) is 4.68 Å². The van der Waals surface area contributed by atoms with E-state index in [-0.39, 0.29) is 0 Å². The highest BCUT2D eigenvalue weighted by Gasteiger charge is 2.16. The topological polar surface area (TPSA) is 43.8 Å².